The Morgan fingerprint density at radius 1 is 1.12 bits per heavy atom. The molecule has 1 heterocycles. The Balaban J connectivity index is 1.99. The molecule has 0 radical (unpaired) electrons. The molecular formula is C14H15FN2. The zero-order valence-electron chi connectivity index (χ0n) is 9.51. The third-order valence-corrected chi connectivity index (χ3v) is 2.72. The summed E-state index contributed by atoms with van der Waals surface area (Å²) < 4.78 is 13.4. The van der Waals surface area contributed by atoms with Crippen molar-refractivity contribution < 1.29 is 4.39 Å². The predicted octanol–water partition coefficient (Wildman–Crippen LogP) is 2.85. The normalized spacial score (nSPS) is 12.4. The highest BCUT2D eigenvalue weighted by Crippen LogP contribution is 2.17. The van der Waals surface area contributed by atoms with E-state index in [2.05, 4.69) is 4.98 Å². The fraction of sp³-hybridized carbons (Fsp3) is 0.214. The van der Waals surface area contributed by atoms with Gasteiger partial charge in [0.05, 0.1) is 11.7 Å². The topological polar surface area (TPSA) is 38.9 Å². The number of benzene rings is 1. The van der Waals surface area contributed by atoms with E-state index in [9.17, 15) is 4.39 Å². The van der Waals surface area contributed by atoms with E-state index < -0.39 is 0 Å². The molecular weight excluding hydrogens is 215 g/mol. The second kappa shape index (κ2) is 5.55. The highest BCUT2D eigenvalue weighted by Gasteiger charge is 2.12. The third kappa shape index (κ3) is 3.11. The van der Waals surface area contributed by atoms with Gasteiger partial charge in [0.15, 0.2) is 0 Å². The molecule has 2 N–H and O–H groups in total. The van der Waals surface area contributed by atoms with Gasteiger partial charge in [0, 0.05) is 6.20 Å². The highest BCUT2D eigenvalue weighted by molar-refractivity contribution is 5.16. The lowest BCUT2D eigenvalue weighted by Crippen LogP contribution is -2.14. The summed E-state index contributed by atoms with van der Waals surface area (Å²) in [6.07, 6.45) is 3.09. The summed E-state index contributed by atoms with van der Waals surface area (Å²) in [6, 6.07) is 12.7. The fourth-order valence-electron chi connectivity index (χ4n) is 1.77. The van der Waals surface area contributed by atoms with Gasteiger partial charge in [0.25, 0.3) is 0 Å². The van der Waals surface area contributed by atoms with Crippen LogP contribution in [0.3, 0.4) is 0 Å². The molecule has 2 aromatic rings. The Morgan fingerprint density at radius 3 is 2.59 bits per heavy atom. The van der Waals surface area contributed by atoms with Crippen LogP contribution >= 0.6 is 0 Å². The van der Waals surface area contributed by atoms with E-state index in [0.29, 0.717) is 12.1 Å². The van der Waals surface area contributed by atoms with Crippen LogP contribution in [0.5, 0.6) is 0 Å². The molecule has 1 aromatic carbocycles. The molecule has 17 heavy (non-hydrogen) atoms. The van der Waals surface area contributed by atoms with Gasteiger partial charge in [-0.15, -0.1) is 0 Å². The van der Waals surface area contributed by atoms with Crippen LogP contribution in [0.1, 0.15) is 23.7 Å². The van der Waals surface area contributed by atoms with Crippen molar-refractivity contribution in [1.82, 2.24) is 4.98 Å². The van der Waals surface area contributed by atoms with Crippen LogP contribution in [0, 0.1) is 5.82 Å². The maximum absolute atomic E-state index is 13.4. The first-order valence-corrected chi connectivity index (χ1v) is 5.67. The van der Waals surface area contributed by atoms with Crippen molar-refractivity contribution >= 4 is 0 Å². The lowest BCUT2D eigenvalue weighted by molar-refractivity contribution is 0.547. The van der Waals surface area contributed by atoms with E-state index >= 15 is 0 Å². The third-order valence-electron chi connectivity index (χ3n) is 2.72. The average Bonchev–Trinajstić information content (AvgIpc) is 2.38. The Kier molecular flexibility index (Phi) is 3.83. The number of pyridine rings is 1. The van der Waals surface area contributed by atoms with E-state index in [1.165, 1.54) is 11.6 Å². The molecule has 2 nitrogen and oxygen atoms in total. The second-order valence-electron chi connectivity index (χ2n) is 4.00. The van der Waals surface area contributed by atoms with E-state index in [1.807, 2.05) is 30.3 Å². The minimum atomic E-state index is -0.351. The van der Waals surface area contributed by atoms with Gasteiger partial charge in [-0.25, -0.2) is 4.39 Å². The zero-order valence-corrected chi connectivity index (χ0v) is 9.51. The van der Waals surface area contributed by atoms with E-state index in [1.54, 1.807) is 12.3 Å². The van der Waals surface area contributed by atoms with Crippen molar-refractivity contribution in [1.29, 1.82) is 0 Å². The first-order chi connectivity index (χ1) is 8.27. The summed E-state index contributed by atoms with van der Waals surface area (Å²) in [6.45, 7) is 0. The van der Waals surface area contributed by atoms with Crippen molar-refractivity contribution in [2.24, 2.45) is 5.73 Å². The largest absolute Gasteiger partial charge is 0.323 e. The molecule has 88 valence electrons. The van der Waals surface area contributed by atoms with Crippen LogP contribution in [0.25, 0.3) is 0 Å². The van der Waals surface area contributed by atoms with Crippen LogP contribution in [-0.2, 0) is 6.42 Å². The lowest BCUT2D eigenvalue weighted by atomic mass is 10.0. The van der Waals surface area contributed by atoms with Crippen molar-refractivity contribution in [3.8, 4) is 0 Å². The summed E-state index contributed by atoms with van der Waals surface area (Å²) in [5.41, 5.74) is 7.50. The average molecular weight is 230 g/mol. The molecule has 0 spiro atoms. The van der Waals surface area contributed by atoms with Crippen LogP contribution < -0.4 is 5.73 Å². The van der Waals surface area contributed by atoms with Gasteiger partial charge in [-0.3, -0.25) is 4.98 Å². The molecule has 0 saturated heterocycles. The molecule has 0 bridgehead atoms. The summed E-state index contributed by atoms with van der Waals surface area (Å²) >= 11 is 0. The molecule has 3 heteroatoms. The monoisotopic (exact) mass is 230 g/mol. The predicted molar refractivity (Wildman–Crippen MR) is 65.9 cm³/mol. The molecule has 0 aliphatic heterocycles. The maximum atomic E-state index is 13.4. The Morgan fingerprint density at radius 2 is 1.88 bits per heavy atom. The fourth-order valence-corrected chi connectivity index (χ4v) is 1.77. The van der Waals surface area contributed by atoms with Gasteiger partial charge in [-0.2, -0.15) is 0 Å². The molecule has 0 aliphatic rings. The number of nitrogens with two attached hydrogens (primary N) is 1. The first-order valence-electron chi connectivity index (χ1n) is 5.67. The smallest absolute Gasteiger partial charge is 0.146 e. The number of halogens is 1. The van der Waals surface area contributed by atoms with Crippen LogP contribution in [0.4, 0.5) is 4.39 Å². The molecule has 0 aliphatic carbocycles. The minimum Gasteiger partial charge on any atom is -0.323 e. The van der Waals surface area contributed by atoms with Crippen LogP contribution in [-0.4, -0.2) is 4.98 Å². The zero-order chi connectivity index (χ0) is 12.1. The quantitative estimate of drug-likeness (QED) is 0.877. The second-order valence-corrected chi connectivity index (χ2v) is 4.00. The van der Waals surface area contributed by atoms with Crippen molar-refractivity contribution in [2.75, 3.05) is 0 Å². The molecule has 1 atom stereocenters. The van der Waals surface area contributed by atoms with Crippen molar-refractivity contribution in [3.05, 3.63) is 65.7 Å². The van der Waals surface area contributed by atoms with Crippen molar-refractivity contribution in [2.45, 2.75) is 18.9 Å². The Hall–Kier alpha value is -1.74. The number of aryl methyl sites for hydroxylation is 1. The maximum Gasteiger partial charge on any atom is 0.146 e. The molecule has 0 saturated carbocycles. The van der Waals surface area contributed by atoms with E-state index in [0.717, 1.165) is 6.42 Å². The summed E-state index contributed by atoms with van der Waals surface area (Å²) in [5.74, 6) is -0.326. The van der Waals surface area contributed by atoms with Gasteiger partial charge in [-0.05, 0) is 30.5 Å². The first kappa shape index (κ1) is 11.7. The van der Waals surface area contributed by atoms with Crippen LogP contribution in [0.2, 0.25) is 0 Å². The molecule has 0 fully saturated rings. The SMILES string of the molecule is NC(CCc1ccccc1)c1ncccc1F. The number of hydrogen-bond donors (Lipinski definition) is 1. The Bertz CT molecular complexity index is 471. The summed E-state index contributed by atoms with van der Waals surface area (Å²) in [5, 5.41) is 0. The molecule has 2 rings (SSSR count). The van der Waals surface area contributed by atoms with E-state index in [4.69, 9.17) is 5.73 Å². The van der Waals surface area contributed by atoms with Gasteiger partial charge in [0.2, 0.25) is 0 Å². The number of hydrogen-bond acceptors (Lipinski definition) is 2. The van der Waals surface area contributed by atoms with E-state index in [-0.39, 0.29) is 11.9 Å². The Labute approximate surface area is 100 Å². The minimum absolute atomic E-state index is 0.326. The summed E-state index contributed by atoms with van der Waals surface area (Å²) in [4.78, 5) is 3.99. The standard InChI is InChI=1S/C14H15FN2/c15-12-7-4-10-17-14(12)13(16)9-8-11-5-2-1-3-6-11/h1-7,10,13H,8-9,16H2. The highest BCUT2D eigenvalue weighted by atomic mass is 19.1. The lowest BCUT2D eigenvalue weighted by Gasteiger charge is -2.11. The summed E-state index contributed by atoms with van der Waals surface area (Å²) in [7, 11) is 0. The van der Waals surface area contributed by atoms with Gasteiger partial charge < -0.3 is 5.73 Å². The molecule has 1 aromatic heterocycles. The van der Waals surface area contributed by atoms with Gasteiger partial charge >= 0.3 is 0 Å². The van der Waals surface area contributed by atoms with Crippen LogP contribution in [0.15, 0.2) is 48.7 Å². The number of rotatable bonds is 4. The van der Waals surface area contributed by atoms with Gasteiger partial charge in [0.1, 0.15) is 5.82 Å². The van der Waals surface area contributed by atoms with Crippen molar-refractivity contribution in [3.63, 3.8) is 0 Å². The molecule has 1 unspecified atom stereocenters. The number of nitrogens with zero attached hydrogens (tertiary/aromatic N) is 1. The number of aromatic nitrogens is 1. The van der Waals surface area contributed by atoms with Gasteiger partial charge in [-0.1, -0.05) is 30.3 Å². The molecule has 0 amide bonds.